The van der Waals surface area contributed by atoms with Crippen molar-refractivity contribution in [2.45, 2.75) is 13.3 Å². The molecule has 1 amide bonds. The molecule has 0 heterocycles. The molecule has 0 radical (unpaired) electrons. The molecule has 0 aromatic heterocycles. The first kappa shape index (κ1) is 15.8. The van der Waals surface area contributed by atoms with E-state index in [0.29, 0.717) is 11.8 Å². The largest absolute Gasteiger partial charge is 0.573 e. The average molecular weight is 313 g/mol. The average Bonchev–Trinajstić information content (AvgIpc) is 2.39. The van der Waals surface area contributed by atoms with Crippen LogP contribution in [0.25, 0.3) is 0 Å². The smallest absolute Gasteiger partial charge is 0.406 e. The van der Waals surface area contributed by atoms with Gasteiger partial charge in [0.1, 0.15) is 11.6 Å². The number of carbonyl (C=O) groups excluding carboxylic acids is 1. The number of benzene rings is 2. The lowest BCUT2D eigenvalue weighted by Gasteiger charge is -2.11. The number of ether oxygens (including phenoxy) is 1. The Morgan fingerprint density at radius 2 is 1.82 bits per heavy atom. The molecule has 0 saturated heterocycles. The summed E-state index contributed by atoms with van der Waals surface area (Å²) in [5.74, 6) is -2.59. The molecule has 0 spiro atoms. The first-order chi connectivity index (χ1) is 10.3. The van der Waals surface area contributed by atoms with Gasteiger partial charge >= 0.3 is 6.36 Å². The van der Waals surface area contributed by atoms with Crippen LogP contribution in [0.1, 0.15) is 15.9 Å². The van der Waals surface area contributed by atoms with E-state index in [-0.39, 0.29) is 5.56 Å². The van der Waals surface area contributed by atoms with Crippen LogP contribution in [0.5, 0.6) is 5.75 Å². The summed E-state index contributed by atoms with van der Waals surface area (Å²) in [6.07, 6.45) is -4.92. The van der Waals surface area contributed by atoms with E-state index < -0.39 is 23.8 Å². The van der Waals surface area contributed by atoms with Crippen molar-refractivity contribution in [1.82, 2.24) is 0 Å². The van der Waals surface area contributed by atoms with E-state index >= 15 is 0 Å². The first-order valence-corrected chi connectivity index (χ1v) is 6.18. The molecule has 116 valence electrons. The van der Waals surface area contributed by atoms with E-state index in [0.717, 1.165) is 17.7 Å². The fourth-order valence-corrected chi connectivity index (χ4v) is 1.78. The van der Waals surface area contributed by atoms with Crippen molar-refractivity contribution >= 4 is 11.6 Å². The Morgan fingerprint density at radius 3 is 2.41 bits per heavy atom. The van der Waals surface area contributed by atoms with Crippen molar-refractivity contribution in [1.29, 1.82) is 0 Å². The highest BCUT2D eigenvalue weighted by atomic mass is 19.4. The number of para-hydroxylation sites is 1. The van der Waals surface area contributed by atoms with Crippen LogP contribution >= 0.6 is 0 Å². The van der Waals surface area contributed by atoms with E-state index in [9.17, 15) is 22.4 Å². The number of anilines is 1. The Labute approximate surface area is 123 Å². The minimum atomic E-state index is -4.92. The highest BCUT2D eigenvalue weighted by Crippen LogP contribution is 2.25. The molecule has 3 nitrogen and oxygen atoms in total. The summed E-state index contributed by atoms with van der Waals surface area (Å²) in [6.45, 7) is 1.76. The molecule has 2 aromatic carbocycles. The number of halogens is 4. The minimum Gasteiger partial charge on any atom is -0.406 e. The monoisotopic (exact) mass is 313 g/mol. The van der Waals surface area contributed by atoms with Crippen molar-refractivity contribution < 1.29 is 27.1 Å². The second-order valence-electron chi connectivity index (χ2n) is 4.46. The van der Waals surface area contributed by atoms with Crippen molar-refractivity contribution in [2.75, 3.05) is 5.32 Å². The molecular weight excluding hydrogens is 302 g/mol. The molecule has 0 unspecified atom stereocenters. The summed E-state index contributed by atoms with van der Waals surface area (Å²) in [5, 5.41) is 2.49. The van der Waals surface area contributed by atoms with Crippen LogP contribution in [0.15, 0.2) is 42.5 Å². The summed E-state index contributed by atoms with van der Waals surface area (Å²) in [7, 11) is 0. The molecular formula is C15H11F4NO2. The summed E-state index contributed by atoms with van der Waals surface area (Å²) < 4.78 is 53.5. The van der Waals surface area contributed by atoms with Gasteiger partial charge < -0.3 is 10.1 Å². The van der Waals surface area contributed by atoms with Gasteiger partial charge in [0.15, 0.2) is 0 Å². The lowest BCUT2D eigenvalue weighted by Crippen LogP contribution is -2.18. The highest BCUT2D eigenvalue weighted by molar-refractivity contribution is 6.04. The van der Waals surface area contributed by atoms with Gasteiger partial charge in [-0.2, -0.15) is 0 Å². The van der Waals surface area contributed by atoms with Gasteiger partial charge in [-0.3, -0.25) is 4.79 Å². The molecule has 0 fully saturated rings. The maximum absolute atomic E-state index is 13.8. The van der Waals surface area contributed by atoms with Crippen LogP contribution in [0, 0.1) is 12.7 Å². The molecule has 2 aromatic rings. The molecule has 22 heavy (non-hydrogen) atoms. The number of carbonyl (C=O) groups is 1. The molecule has 0 bridgehead atoms. The van der Waals surface area contributed by atoms with Gasteiger partial charge in [0, 0.05) is 11.8 Å². The topological polar surface area (TPSA) is 38.3 Å². The number of hydrogen-bond acceptors (Lipinski definition) is 2. The van der Waals surface area contributed by atoms with Gasteiger partial charge in [0.05, 0.1) is 5.56 Å². The third kappa shape index (κ3) is 3.97. The van der Waals surface area contributed by atoms with E-state index in [1.807, 2.05) is 0 Å². The van der Waals surface area contributed by atoms with E-state index in [4.69, 9.17) is 0 Å². The molecule has 0 aliphatic rings. The number of amides is 1. The van der Waals surface area contributed by atoms with E-state index in [1.165, 1.54) is 0 Å². The zero-order valence-corrected chi connectivity index (χ0v) is 11.4. The molecule has 2 rings (SSSR count). The van der Waals surface area contributed by atoms with Gasteiger partial charge in [-0.15, -0.1) is 13.2 Å². The third-order valence-corrected chi connectivity index (χ3v) is 2.81. The lowest BCUT2D eigenvalue weighted by molar-refractivity contribution is -0.274. The van der Waals surface area contributed by atoms with Crippen LogP contribution in [-0.4, -0.2) is 12.3 Å². The summed E-state index contributed by atoms with van der Waals surface area (Å²) in [6, 6.07) is 9.18. The van der Waals surface area contributed by atoms with Gasteiger partial charge in [0.25, 0.3) is 5.91 Å². The fraction of sp³-hybridized carbons (Fsp3) is 0.133. The molecule has 0 atom stereocenters. The van der Waals surface area contributed by atoms with E-state index in [2.05, 4.69) is 10.1 Å². The number of alkyl halides is 3. The Bertz CT molecular complexity index is 698. The Balaban J connectivity index is 2.19. The molecule has 0 aliphatic carbocycles. The minimum absolute atomic E-state index is 0.377. The number of aryl methyl sites for hydroxylation is 1. The number of hydrogen-bond donors (Lipinski definition) is 1. The molecule has 1 N–H and O–H groups in total. The van der Waals surface area contributed by atoms with Crippen LogP contribution < -0.4 is 10.1 Å². The SMILES string of the molecule is Cc1ccccc1NC(=O)c1ccc(OC(F)(F)F)cc1F. The highest BCUT2D eigenvalue weighted by Gasteiger charge is 2.31. The quantitative estimate of drug-likeness (QED) is 0.859. The Hall–Kier alpha value is -2.57. The molecule has 0 aliphatic heterocycles. The predicted molar refractivity (Wildman–Crippen MR) is 72.2 cm³/mol. The van der Waals surface area contributed by atoms with Crippen LogP contribution in [0.4, 0.5) is 23.2 Å². The summed E-state index contributed by atoms with van der Waals surface area (Å²) in [4.78, 5) is 12.0. The van der Waals surface area contributed by atoms with Crippen LogP contribution in [0.2, 0.25) is 0 Å². The maximum atomic E-state index is 13.8. The van der Waals surface area contributed by atoms with E-state index in [1.54, 1.807) is 31.2 Å². The zero-order valence-electron chi connectivity index (χ0n) is 11.4. The van der Waals surface area contributed by atoms with Crippen molar-refractivity contribution in [3.05, 3.63) is 59.4 Å². The number of nitrogens with one attached hydrogen (secondary N) is 1. The van der Waals surface area contributed by atoms with Crippen LogP contribution in [-0.2, 0) is 0 Å². The number of rotatable bonds is 3. The van der Waals surface area contributed by atoms with Gasteiger partial charge in [-0.25, -0.2) is 4.39 Å². The van der Waals surface area contributed by atoms with Gasteiger partial charge in [0.2, 0.25) is 0 Å². The predicted octanol–water partition coefficient (Wildman–Crippen LogP) is 4.29. The van der Waals surface area contributed by atoms with Crippen molar-refractivity contribution in [2.24, 2.45) is 0 Å². The van der Waals surface area contributed by atoms with Gasteiger partial charge in [-0.1, -0.05) is 18.2 Å². The molecule has 0 saturated carbocycles. The lowest BCUT2D eigenvalue weighted by atomic mass is 10.1. The maximum Gasteiger partial charge on any atom is 0.573 e. The van der Waals surface area contributed by atoms with Crippen molar-refractivity contribution in [3.8, 4) is 5.75 Å². The Morgan fingerprint density at radius 1 is 1.14 bits per heavy atom. The van der Waals surface area contributed by atoms with Crippen molar-refractivity contribution in [3.63, 3.8) is 0 Å². The fourth-order valence-electron chi connectivity index (χ4n) is 1.78. The van der Waals surface area contributed by atoms with Crippen LogP contribution in [0.3, 0.4) is 0 Å². The second kappa shape index (κ2) is 6.05. The standard InChI is InChI=1S/C15H11F4NO2/c1-9-4-2-3-5-13(9)20-14(21)11-7-6-10(8-12(11)16)22-15(17,18)19/h2-8H,1H3,(H,20,21). The third-order valence-electron chi connectivity index (χ3n) is 2.81. The zero-order chi connectivity index (χ0) is 16.3. The first-order valence-electron chi connectivity index (χ1n) is 6.18. The normalized spacial score (nSPS) is 11.1. The summed E-state index contributed by atoms with van der Waals surface area (Å²) in [5.41, 5.74) is 0.883. The summed E-state index contributed by atoms with van der Waals surface area (Å²) >= 11 is 0. The van der Waals surface area contributed by atoms with Gasteiger partial charge in [-0.05, 0) is 30.7 Å². The Kier molecular flexibility index (Phi) is 4.35. The molecule has 7 heteroatoms. The second-order valence-corrected chi connectivity index (χ2v) is 4.46.